The molecule has 1 aliphatic carbocycles. The van der Waals surface area contributed by atoms with Gasteiger partial charge in [-0.25, -0.2) is 13.2 Å². The van der Waals surface area contributed by atoms with Crippen molar-refractivity contribution in [1.82, 2.24) is 5.32 Å². The molecule has 1 nitrogen and oxygen atoms in total. The van der Waals surface area contributed by atoms with Gasteiger partial charge in [-0.3, -0.25) is 0 Å². The molecule has 0 aromatic heterocycles. The van der Waals surface area contributed by atoms with Gasteiger partial charge < -0.3 is 5.32 Å². The maximum atomic E-state index is 13.6. The zero-order valence-corrected chi connectivity index (χ0v) is 11.7. The van der Waals surface area contributed by atoms with Crippen LogP contribution in [0.5, 0.6) is 0 Å². The number of hydrogen-bond donors (Lipinski definition) is 1. The van der Waals surface area contributed by atoms with Crippen molar-refractivity contribution in [1.29, 1.82) is 0 Å². The minimum Gasteiger partial charge on any atom is -0.313 e. The standard InChI is InChI=1S/C17H16F3N/c1-21-17-7-5-12(10-2-6-15(19)16(20)8-10)14-9-11(18)3-4-13(14)17/h2-4,6,8-9,12,17,21H,5,7H2,1H3/t12-,17-/m0/s1. The second-order valence-electron chi connectivity index (χ2n) is 5.42. The van der Waals surface area contributed by atoms with Gasteiger partial charge in [-0.1, -0.05) is 12.1 Å². The molecule has 0 saturated heterocycles. The molecule has 0 aliphatic heterocycles. The van der Waals surface area contributed by atoms with Gasteiger partial charge in [-0.15, -0.1) is 0 Å². The van der Waals surface area contributed by atoms with Crippen LogP contribution in [0.4, 0.5) is 13.2 Å². The lowest BCUT2D eigenvalue weighted by Crippen LogP contribution is -2.24. The normalized spacial score (nSPS) is 21.1. The monoisotopic (exact) mass is 291 g/mol. The first-order chi connectivity index (χ1) is 10.1. The zero-order valence-electron chi connectivity index (χ0n) is 11.7. The Morgan fingerprint density at radius 3 is 2.43 bits per heavy atom. The predicted octanol–water partition coefficient (Wildman–Crippen LogP) is 4.29. The van der Waals surface area contributed by atoms with E-state index in [4.69, 9.17) is 0 Å². The van der Waals surface area contributed by atoms with Crippen molar-refractivity contribution in [3.63, 3.8) is 0 Å². The van der Waals surface area contributed by atoms with Crippen molar-refractivity contribution in [2.24, 2.45) is 0 Å². The number of nitrogens with one attached hydrogen (secondary N) is 1. The van der Waals surface area contributed by atoms with E-state index < -0.39 is 11.6 Å². The van der Waals surface area contributed by atoms with Gasteiger partial charge in [-0.05, 0) is 60.8 Å². The Hall–Kier alpha value is -1.81. The predicted molar refractivity (Wildman–Crippen MR) is 75.6 cm³/mol. The average Bonchev–Trinajstić information content (AvgIpc) is 2.49. The second-order valence-corrected chi connectivity index (χ2v) is 5.42. The minimum absolute atomic E-state index is 0.101. The van der Waals surface area contributed by atoms with E-state index in [2.05, 4.69) is 5.32 Å². The van der Waals surface area contributed by atoms with Crippen molar-refractivity contribution in [3.05, 3.63) is 70.5 Å². The molecule has 0 saturated carbocycles. The Morgan fingerprint density at radius 2 is 1.71 bits per heavy atom. The molecule has 1 aliphatic rings. The molecule has 21 heavy (non-hydrogen) atoms. The van der Waals surface area contributed by atoms with Crippen LogP contribution in [0, 0.1) is 17.5 Å². The molecule has 3 rings (SSSR count). The molecule has 0 amide bonds. The summed E-state index contributed by atoms with van der Waals surface area (Å²) in [5.74, 6) is -2.13. The quantitative estimate of drug-likeness (QED) is 0.870. The van der Waals surface area contributed by atoms with Gasteiger partial charge in [0.1, 0.15) is 5.82 Å². The molecule has 2 aromatic carbocycles. The fraction of sp³-hybridized carbons (Fsp3) is 0.294. The van der Waals surface area contributed by atoms with Crippen LogP contribution in [-0.4, -0.2) is 7.05 Å². The zero-order chi connectivity index (χ0) is 15.0. The maximum Gasteiger partial charge on any atom is 0.159 e. The molecular weight excluding hydrogens is 275 g/mol. The highest BCUT2D eigenvalue weighted by Gasteiger charge is 2.28. The van der Waals surface area contributed by atoms with E-state index in [1.165, 1.54) is 18.2 Å². The van der Waals surface area contributed by atoms with E-state index in [-0.39, 0.29) is 17.8 Å². The van der Waals surface area contributed by atoms with Crippen molar-refractivity contribution < 1.29 is 13.2 Å². The van der Waals surface area contributed by atoms with Gasteiger partial charge in [0.25, 0.3) is 0 Å². The molecule has 0 bridgehead atoms. The summed E-state index contributed by atoms with van der Waals surface area (Å²) in [5, 5.41) is 3.22. The van der Waals surface area contributed by atoms with Crippen LogP contribution in [0.25, 0.3) is 0 Å². The fourth-order valence-electron chi connectivity index (χ4n) is 3.18. The number of rotatable bonds is 2. The van der Waals surface area contributed by atoms with Gasteiger partial charge in [0.05, 0.1) is 0 Å². The molecule has 0 spiro atoms. The Balaban J connectivity index is 2.08. The van der Waals surface area contributed by atoms with Crippen LogP contribution in [0.2, 0.25) is 0 Å². The third-order valence-electron chi connectivity index (χ3n) is 4.24. The lowest BCUT2D eigenvalue weighted by molar-refractivity contribution is 0.463. The van der Waals surface area contributed by atoms with Gasteiger partial charge in [0.2, 0.25) is 0 Å². The maximum absolute atomic E-state index is 13.6. The van der Waals surface area contributed by atoms with Crippen LogP contribution in [0.1, 0.15) is 41.5 Å². The van der Waals surface area contributed by atoms with Gasteiger partial charge in [-0.2, -0.15) is 0 Å². The third kappa shape index (κ3) is 2.56. The average molecular weight is 291 g/mol. The summed E-state index contributed by atoms with van der Waals surface area (Å²) in [4.78, 5) is 0. The van der Waals surface area contributed by atoms with Crippen LogP contribution in [-0.2, 0) is 0 Å². The number of fused-ring (bicyclic) bond motifs is 1. The Bertz CT molecular complexity index is 669. The first-order valence-corrected chi connectivity index (χ1v) is 7.01. The lowest BCUT2D eigenvalue weighted by atomic mass is 9.76. The first kappa shape index (κ1) is 14.1. The third-order valence-corrected chi connectivity index (χ3v) is 4.24. The fourth-order valence-corrected chi connectivity index (χ4v) is 3.18. The van der Waals surface area contributed by atoms with Crippen LogP contribution >= 0.6 is 0 Å². The molecule has 110 valence electrons. The SMILES string of the molecule is CN[C@H]1CC[C@@H](c2ccc(F)c(F)c2)c2cc(F)ccc21. The Labute approximate surface area is 121 Å². The molecule has 1 N–H and O–H groups in total. The number of benzene rings is 2. The molecular formula is C17H16F3N. The smallest absolute Gasteiger partial charge is 0.159 e. The second kappa shape index (κ2) is 5.53. The molecule has 0 fully saturated rings. The largest absolute Gasteiger partial charge is 0.313 e. The van der Waals surface area contributed by atoms with E-state index in [0.717, 1.165) is 30.0 Å². The van der Waals surface area contributed by atoms with Gasteiger partial charge in [0.15, 0.2) is 11.6 Å². The topological polar surface area (TPSA) is 12.0 Å². The van der Waals surface area contributed by atoms with E-state index >= 15 is 0 Å². The summed E-state index contributed by atoms with van der Waals surface area (Å²) >= 11 is 0. The summed E-state index contributed by atoms with van der Waals surface area (Å²) in [6.07, 6.45) is 1.64. The summed E-state index contributed by atoms with van der Waals surface area (Å²) in [5.41, 5.74) is 2.57. The summed E-state index contributed by atoms with van der Waals surface area (Å²) in [6.45, 7) is 0. The van der Waals surface area contributed by atoms with Crippen molar-refractivity contribution >= 4 is 0 Å². The van der Waals surface area contributed by atoms with Crippen molar-refractivity contribution in [3.8, 4) is 0 Å². The Kier molecular flexibility index (Phi) is 3.72. The highest BCUT2D eigenvalue weighted by molar-refractivity contribution is 5.42. The first-order valence-electron chi connectivity index (χ1n) is 7.01. The Morgan fingerprint density at radius 1 is 0.905 bits per heavy atom. The summed E-state index contributed by atoms with van der Waals surface area (Å²) in [7, 11) is 1.87. The molecule has 2 aromatic rings. The number of hydrogen-bond acceptors (Lipinski definition) is 1. The molecule has 0 heterocycles. The van der Waals surface area contributed by atoms with Crippen LogP contribution in [0.3, 0.4) is 0 Å². The molecule has 0 radical (unpaired) electrons. The highest BCUT2D eigenvalue weighted by Crippen LogP contribution is 2.41. The van der Waals surface area contributed by atoms with Crippen molar-refractivity contribution in [2.75, 3.05) is 7.05 Å². The highest BCUT2D eigenvalue weighted by atomic mass is 19.2. The van der Waals surface area contributed by atoms with E-state index in [1.807, 2.05) is 7.05 Å². The van der Waals surface area contributed by atoms with Gasteiger partial charge >= 0.3 is 0 Å². The van der Waals surface area contributed by atoms with Gasteiger partial charge in [0, 0.05) is 12.0 Å². The number of halogens is 3. The molecule has 2 atom stereocenters. The van der Waals surface area contributed by atoms with E-state index in [1.54, 1.807) is 12.1 Å². The lowest BCUT2D eigenvalue weighted by Gasteiger charge is -2.32. The van der Waals surface area contributed by atoms with Crippen molar-refractivity contribution in [2.45, 2.75) is 24.8 Å². The molecule has 4 heteroatoms. The summed E-state index contributed by atoms with van der Waals surface area (Å²) in [6, 6.07) is 8.82. The van der Waals surface area contributed by atoms with Crippen LogP contribution in [0.15, 0.2) is 36.4 Å². The molecule has 0 unspecified atom stereocenters. The summed E-state index contributed by atoms with van der Waals surface area (Å²) < 4.78 is 40.2. The minimum atomic E-state index is -0.860. The van der Waals surface area contributed by atoms with E-state index in [0.29, 0.717) is 5.56 Å². The van der Waals surface area contributed by atoms with Crippen LogP contribution < -0.4 is 5.32 Å². The van der Waals surface area contributed by atoms with E-state index in [9.17, 15) is 13.2 Å².